The molecule has 0 aliphatic heterocycles. The Labute approximate surface area is 121 Å². The molecule has 0 saturated heterocycles. The normalized spacial score (nSPS) is 22.0. The lowest BCUT2D eigenvalue weighted by atomic mass is 10.2. The molecule has 0 spiro atoms. The molecule has 20 heavy (non-hydrogen) atoms. The van der Waals surface area contributed by atoms with Crippen LogP contribution in [0, 0.1) is 0 Å². The van der Waals surface area contributed by atoms with Crippen molar-refractivity contribution in [1.29, 1.82) is 0 Å². The summed E-state index contributed by atoms with van der Waals surface area (Å²) in [5.41, 5.74) is 0.361. The van der Waals surface area contributed by atoms with Crippen LogP contribution in [0.25, 0.3) is 0 Å². The van der Waals surface area contributed by atoms with E-state index < -0.39 is 5.97 Å². The highest BCUT2D eigenvalue weighted by molar-refractivity contribution is 5.85. The van der Waals surface area contributed by atoms with E-state index in [2.05, 4.69) is 0 Å². The van der Waals surface area contributed by atoms with Crippen LogP contribution >= 0.6 is 0 Å². The van der Waals surface area contributed by atoms with Crippen molar-refractivity contribution in [2.24, 2.45) is 0 Å². The van der Waals surface area contributed by atoms with Crippen molar-refractivity contribution in [3.63, 3.8) is 0 Å². The number of carboxylic acid groups (broad SMARTS) is 1. The average Bonchev–Trinajstić information content (AvgIpc) is 3.08. The van der Waals surface area contributed by atoms with Crippen LogP contribution in [0.3, 0.4) is 0 Å². The molecule has 1 N–H and O–H groups in total. The predicted molar refractivity (Wildman–Crippen MR) is 76.5 cm³/mol. The Kier molecular flexibility index (Phi) is 6.05. The molecule has 0 aromatic carbocycles. The minimum atomic E-state index is -0.870. The first-order chi connectivity index (χ1) is 9.65. The van der Waals surface area contributed by atoms with Gasteiger partial charge in [-0.2, -0.15) is 0 Å². The maximum Gasteiger partial charge on any atom is 0.330 e. The van der Waals surface area contributed by atoms with Gasteiger partial charge in [-0.05, 0) is 32.6 Å². The first-order valence-corrected chi connectivity index (χ1v) is 7.86. The van der Waals surface area contributed by atoms with Gasteiger partial charge in [-0.1, -0.05) is 31.8 Å². The molecule has 0 atom stereocenters. The summed E-state index contributed by atoms with van der Waals surface area (Å²) in [6, 6.07) is 0. The molecule has 4 nitrogen and oxygen atoms in total. The highest BCUT2D eigenvalue weighted by atomic mass is 16.7. The molecule has 0 unspecified atom stereocenters. The van der Waals surface area contributed by atoms with E-state index >= 15 is 0 Å². The smallest absolute Gasteiger partial charge is 0.330 e. The zero-order chi connectivity index (χ0) is 14.4. The van der Waals surface area contributed by atoms with Crippen molar-refractivity contribution in [3.05, 3.63) is 11.6 Å². The summed E-state index contributed by atoms with van der Waals surface area (Å²) >= 11 is 0. The van der Waals surface area contributed by atoms with Crippen LogP contribution in [-0.4, -0.2) is 29.6 Å². The minimum absolute atomic E-state index is 0.282. The van der Waals surface area contributed by atoms with Crippen molar-refractivity contribution < 1.29 is 19.4 Å². The van der Waals surface area contributed by atoms with Crippen LogP contribution in [0.4, 0.5) is 0 Å². The van der Waals surface area contributed by atoms with E-state index in [0.29, 0.717) is 24.2 Å². The van der Waals surface area contributed by atoms with Gasteiger partial charge in [0.2, 0.25) is 0 Å². The second-order valence-corrected chi connectivity index (χ2v) is 5.94. The maximum absolute atomic E-state index is 10.9. The van der Waals surface area contributed by atoms with E-state index in [1.54, 1.807) is 13.0 Å². The van der Waals surface area contributed by atoms with Gasteiger partial charge in [0.1, 0.15) is 0 Å². The second kappa shape index (κ2) is 7.79. The topological polar surface area (TPSA) is 55.8 Å². The minimum Gasteiger partial charge on any atom is -0.478 e. The van der Waals surface area contributed by atoms with Gasteiger partial charge >= 0.3 is 5.97 Å². The quantitative estimate of drug-likeness (QED) is 0.572. The third kappa shape index (κ3) is 4.91. The zero-order valence-electron chi connectivity index (χ0n) is 12.3. The van der Waals surface area contributed by atoms with Gasteiger partial charge in [-0.25, -0.2) is 4.79 Å². The van der Waals surface area contributed by atoms with Crippen molar-refractivity contribution in [2.45, 2.75) is 83.2 Å². The molecule has 4 heteroatoms. The maximum atomic E-state index is 10.9. The van der Waals surface area contributed by atoms with Gasteiger partial charge in [0.05, 0.1) is 12.2 Å². The Morgan fingerprint density at radius 3 is 1.95 bits per heavy atom. The zero-order valence-corrected chi connectivity index (χ0v) is 12.3. The summed E-state index contributed by atoms with van der Waals surface area (Å²) < 4.78 is 12.1. The van der Waals surface area contributed by atoms with Crippen LogP contribution in [0.15, 0.2) is 11.6 Å². The fraction of sp³-hybridized carbons (Fsp3) is 0.812. The first kappa shape index (κ1) is 15.5. The number of hydrogen-bond donors (Lipinski definition) is 1. The largest absolute Gasteiger partial charge is 0.478 e. The van der Waals surface area contributed by atoms with E-state index in [-0.39, 0.29) is 6.29 Å². The Bertz CT molecular complexity index is 320. The standard InChI is InChI=1S/C16H26O4/c1-12(16(17)18)10-11-15(19-13-6-2-3-7-13)20-14-8-4-5-9-14/h10,13-15H,2-9,11H2,1H3,(H,17,18). The number of hydrogen-bond acceptors (Lipinski definition) is 3. The van der Waals surface area contributed by atoms with Gasteiger partial charge in [0, 0.05) is 12.0 Å². The molecular weight excluding hydrogens is 256 g/mol. The highest BCUT2D eigenvalue weighted by Crippen LogP contribution is 2.27. The Balaban J connectivity index is 1.87. The van der Waals surface area contributed by atoms with Crippen LogP contribution in [0.1, 0.15) is 64.7 Å². The molecule has 2 rings (SSSR count). The molecule has 0 aromatic heterocycles. The summed E-state index contributed by atoms with van der Waals surface area (Å²) in [5, 5.41) is 8.91. The van der Waals surface area contributed by atoms with Gasteiger partial charge in [-0.15, -0.1) is 0 Å². The van der Waals surface area contributed by atoms with Crippen LogP contribution in [0.5, 0.6) is 0 Å². The fourth-order valence-electron chi connectivity index (χ4n) is 2.98. The van der Waals surface area contributed by atoms with Crippen LogP contribution in [-0.2, 0) is 14.3 Å². The Morgan fingerprint density at radius 1 is 1.10 bits per heavy atom. The molecule has 2 aliphatic rings. The van der Waals surface area contributed by atoms with E-state index in [1.807, 2.05) is 0 Å². The van der Waals surface area contributed by atoms with Crippen molar-refractivity contribution >= 4 is 5.97 Å². The SMILES string of the molecule is CC(=CCC(OC1CCCC1)OC1CCCC1)C(=O)O. The van der Waals surface area contributed by atoms with Crippen LogP contribution in [0.2, 0.25) is 0 Å². The predicted octanol–water partition coefficient (Wildman–Crippen LogP) is 3.65. The van der Waals surface area contributed by atoms with Gasteiger partial charge in [-0.3, -0.25) is 0 Å². The number of aliphatic carboxylic acids is 1. The van der Waals surface area contributed by atoms with Gasteiger partial charge in [0.15, 0.2) is 6.29 Å². The van der Waals surface area contributed by atoms with Crippen LogP contribution < -0.4 is 0 Å². The summed E-state index contributed by atoms with van der Waals surface area (Å²) in [6.07, 6.45) is 11.9. The number of carbonyl (C=O) groups is 1. The van der Waals surface area contributed by atoms with E-state index in [9.17, 15) is 4.79 Å². The third-order valence-corrected chi connectivity index (χ3v) is 4.25. The number of carboxylic acids is 1. The van der Waals surface area contributed by atoms with Crippen molar-refractivity contribution in [2.75, 3.05) is 0 Å². The van der Waals surface area contributed by atoms with Crippen molar-refractivity contribution in [3.8, 4) is 0 Å². The number of rotatable bonds is 7. The molecule has 2 aliphatic carbocycles. The van der Waals surface area contributed by atoms with E-state index in [0.717, 1.165) is 25.7 Å². The lowest BCUT2D eigenvalue weighted by molar-refractivity contribution is -0.189. The van der Waals surface area contributed by atoms with Gasteiger partial charge in [0.25, 0.3) is 0 Å². The highest BCUT2D eigenvalue weighted by Gasteiger charge is 2.24. The molecule has 0 radical (unpaired) electrons. The van der Waals surface area contributed by atoms with Gasteiger partial charge < -0.3 is 14.6 Å². The van der Waals surface area contributed by atoms with E-state index in [1.165, 1.54) is 25.7 Å². The molecular formula is C16H26O4. The monoisotopic (exact) mass is 282 g/mol. The molecule has 2 fully saturated rings. The molecule has 0 aromatic rings. The Morgan fingerprint density at radius 2 is 1.55 bits per heavy atom. The summed E-state index contributed by atoms with van der Waals surface area (Å²) in [4.78, 5) is 10.9. The molecule has 0 bridgehead atoms. The lowest BCUT2D eigenvalue weighted by Crippen LogP contribution is -2.26. The average molecular weight is 282 g/mol. The third-order valence-electron chi connectivity index (χ3n) is 4.25. The van der Waals surface area contributed by atoms with E-state index in [4.69, 9.17) is 14.6 Å². The first-order valence-electron chi connectivity index (χ1n) is 7.86. The summed E-state index contributed by atoms with van der Waals surface area (Å²) in [6.45, 7) is 1.62. The molecule has 114 valence electrons. The fourth-order valence-corrected chi connectivity index (χ4v) is 2.98. The summed E-state index contributed by atoms with van der Waals surface area (Å²) in [7, 11) is 0. The molecule has 0 heterocycles. The summed E-state index contributed by atoms with van der Waals surface area (Å²) in [5.74, 6) is -0.870. The van der Waals surface area contributed by atoms with Crippen molar-refractivity contribution in [1.82, 2.24) is 0 Å². The Hall–Kier alpha value is -0.870. The lowest BCUT2D eigenvalue weighted by Gasteiger charge is -2.24. The number of ether oxygens (including phenoxy) is 2. The second-order valence-electron chi connectivity index (χ2n) is 5.94. The molecule has 2 saturated carbocycles. The molecule has 0 amide bonds.